The summed E-state index contributed by atoms with van der Waals surface area (Å²) >= 11 is 5.30. The highest BCUT2D eigenvalue weighted by atomic mass is 32.1. The molecule has 0 spiro atoms. The Morgan fingerprint density at radius 2 is 1.71 bits per heavy atom. The second-order valence-electron chi connectivity index (χ2n) is 5.98. The van der Waals surface area contributed by atoms with E-state index in [-0.39, 0.29) is 5.91 Å². The Balaban J connectivity index is 2.21. The minimum absolute atomic E-state index is 0.0681. The van der Waals surface area contributed by atoms with Gasteiger partial charge >= 0.3 is 0 Å². The Bertz CT molecular complexity index is 519. The summed E-state index contributed by atoms with van der Waals surface area (Å²) < 4.78 is 0. The van der Waals surface area contributed by atoms with Crippen LogP contribution >= 0.6 is 12.2 Å². The zero-order valence-electron chi connectivity index (χ0n) is 12.7. The lowest BCUT2D eigenvalue weighted by atomic mass is 9.83. The Labute approximate surface area is 132 Å². The first kappa shape index (κ1) is 16.0. The van der Waals surface area contributed by atoms with Gasteiger partial charge in [0.25, 0.3) is 5.91 Å². The first-order valence-corrected chi connectivity index (χ1v) is 8.14. The highest BCUT2D eigenvalue weighted by molar-refractivity contribution is 7.80. The van der Waals surface area contributed by atoms with E-state index in [9.17, 15) is 4.79 Å². The molecule has 4 heteroatoms. The number of aryl methyl sites for hydroxylation is 1. The van der Waals surface area contributed by atoms with E-state index in [0.717, 1.165) is 31.2 Å². The van der Waals surface area contributed by atoms with Gasteiger partial charge in [0.05, 0.1) is 10.5 Å². The average Bonchev–Trinajstić information content (AvgIpc) is 2.42. The molecule has 1 aliphatic rings. The van der Waals surface area contributed by atoms with E-state index >= 15 is 0 Å². The molecule has 1 aromatic carbocycles. The number of thiocarbonyl (C=S) groups is 1. The van der Waals surface area contributed by atoms with Crippen LogP contribution in [0, 0.1) is 6.92 Å². The first-order chi connectivity index (χ1) is 10.1. The van der Waals surface area contributed by atoms with E-state index in [2.05, 4.69) is 5.32 Å². The van der Waals surface area contributed by atoms with Crippen molar-refractivity contribution in [3.63, 3.8) is 0 Å². The van der Waals surface area contributed by atoms with Crippen molar-refractivity contribution in [1.82, 2.24) is 5.32 Å². The van der Waals surface area contributed by atoms with Crippen molar-refractivity contribution in [3.05, 3.63) is 35.4 Å². The molecule has 114 valence electrons. The summed E-state index contributed by atoms with van der Waals surface area (Å²) in [6.07, 6.45) is 7.45. The van der Waals surface area contributed by atoms with Crippen molar-refractivity contribution >= 4 is 23.1 Å². The van der Waals surface area contributed by atoms with Crippen molar-refractivity contribution in [3.8, 4) is 0 Å². The van der Waals surface area contributed by atoms with E-state index in [1.807, 2.05) is 31.2 Å². The SMILES string of the molecule is Cc1ccccc1C(=O)NC1(C(N)=S)CCCCCCC1. The highest BCUT2D eigenvalue weighted by Gasteiger charge is 2.35. The lowest BCUT2D eigenvalue weighted by molar-refractivity contribution is 0.0912. The lowest BCUT2D eigenvalue weighted by Gasteiger charge is -2.35. The topological polar surface area (TPSA) is 55.1 Å². The van der Waals surface area contributed by atoms with Crippen LogP contribution in [0.25, 0.3) is 0 Å². The number of carbonyl (C=O) groups excluding carboxylic acids is 1. The van der Waals surface area contributed by atoms with Gasteiger partial charge in [0.15, 0.2) is 0 Å². The number of benzene rings is 1. The molecular weight excluding hydrogens is 280 g/mol. The predicted molar refractivity (Wildman–Crippen MR) is 90.5 cm³/mol. The molecule has 3 nitrogen and oxygen atoms in total. The molecule has 1 aromatic rings. The molecule has 0 aromatic heterocycles. The third-order valence-electron chi connectivity index (χ3n) is 4.42. The average molecular weight is 304 g/mol. The number of amides is 1. The summed E-state index contributed by atoms with van der Waals surface area (Å²) in [6, 6.07) is 7.61. The number of rotatable bonds is 3. The molecule has 21 heavy (non-hydrogen) atoms. The summed E-state index contributed by atoms with van der Waals surface area (Å²) in [5.41, 5.74) is 7.16. The van der Waals surface area contributed by atoms with Gasteiger partial charge < -0.3 is 11.1 Å². The summed E-state index contributed by atoms with van der Waals surface area (Å²) in [7, 11) is 0. The Morgan fingerprint density at radius 3 is 2.29 bits per heavy atom. The zero-order chi connectivity index (χ0) is 15.3. The maximum absolute atomic E-state index is 12.6. The number of nitrogens with two attached hydrogens (primary N) is 1. The fraction of sp³-hybridized carbons (Fsp3) is 0.529. The summed E-state index contributed by atoms with van der Waals surface area (Å²) in [5.74, 6) is -0.0681. The van der Waals surface area contributed by atoms with Crippen molar-refractivity contribution in [2.24, 2.45) is 5.73 Å². The molecule has 0 bridgehead atoms. The third-order valence-corrected chi connectivity index (χ3v) is 4.81. The molecule has 1 aliphatic carbocycles. The van der Waals surface area contributed by atoms with Gasteiger partial charge in [0.2, 0.25) is 0 Å². The summed E-state index contributed by atoms with van der Waals surface area (Å²) in [6.45, 7) is 1.94. The van der Waals surface area contributed by atoms with Crippen molar-refractivity contribution in [1.29, 1.82) is 0 Å². The molecule has 0 heterocycles. The molecule has 3 N–H and O–H groups in total. The van der Waals surface area contributed by atoms with E-state index in [4.69, 9.17) is 18.0 Å². The van der Waals surface area contributed by atoms with Gasteiger partial charge in [-0.1, -0.05) is 62.5 Å². The van der Waals surface area contributed by atoms with Crippen LogP contribution < -0.4 is 11.1 Å². The van der Waals surface area contributed by atoms with Gasteiger partial charge in [-0.2, -0.15) is 0 Å². The molecule has 0 aliphatic heterocycles. The van der Waals surface area contributed by atoms with Gasteiger partial charge in [-0.15, -0.1) is 0 Å². The summed E-state index contributed by atoms with van der Waals surface area (Å²) in [4.78, 5) is 13.0. The Hall–Kier alpha value is -1.42. The van der Waals surface area contributed by atoms with Crippen LogP contribution in [-0.4, -0.2) is 16.4 Å². The minimum Gasteiger partial charge on any atom is -0.391 e. The van der Waals surface area contributed by atoms with Crippen LogP contribution in [0.4, 0.5) is 0 Å². The van der Waals surface area contributed by atoms with Crippen molar-refractivity contribution in [2.45, 2.75) is 57.4 Å². The number of hydrogen-bond donors (Lipinski definition) is 2. The maximum Gasteiger partial charge on any atom is 0.252 e. The van der Waals surface area contributed by atoms with Gasteiger partial charge in [0, 0.05) is 5.56 Å². The fourth-order valence-electron chi connectivity index (χ4n) is 3.05. The fourth-order valence-corrected chi connectivity index (χ4v) is 3.31. The van der Waals surface area contributed by atoms with Crippen molar-refractivity contribution < 1.29 is 4.79 Å². The lowest BCUT2D eigenvalue weighted by Crippen LogP contribution is -2.57. The molecule has 1 fully saturated rings. The van der Waals surface area contributed by atoms with E-state index in [1.165, 1.54) is 19.3 Å². The number of hydrogen-bond acceptors (Lipinski definition) is 2. The van der Waals surface area contributed by atoms with Crippen LogP contribution in [0.2, 0.25) is 0 Å². The Kier molecular flexibility index (Phi) is 5.34. The van der Waals surface area contributed by atoms with Crippen LogP contribution in [0.3, 0.4) is 0 Å². The van der Waals surface area contributed by atoms with Crippen LogP contribution in [0.1, 0.15) is 60.9 Å². The standard InChI is InChI=1S/C17H24N2OS/c1-13-9-5-6-10-14(13)15(20)19-17(16(18)21)11-7-3-2-4-8-12-17/h5-6,9-10H,2-4,7-8,11-12H2,1H3,(H2,18,21)(H,19,20). The second kappa shape index (κ2) is 7.03. The zero-order valence-corrected chi connectivity index (χ0v) is 13.5. The first-order valence-electron chi connectivity index (χ1n) is 7.73. The largest absolute Gasteiger partial charge is 0.391 e. The van der Waals surface area contributed by atoms with E-state index in [1.54, 1.807) is 0 Å². The maximum atomic E-state index is 12.6. The summed E-state index contributed by atoms with van der Waals surface area (Å²) in [5, 5.41) is 3.15. The highest BCUT2D eigenvalue weighted by Crippen LogP contribution is 2.27. The van der Waals surface area contributed by atoms with E-state index in [0.29, 0.717) is 10.6 Å². The molecule has 2 rings (SSSR count). The Morgan fingerprint density at radius 1 is 1.14 bits per heavy atom. The van der Waals surface area contributed by atoms with Crippen molar-refractivity contribution in [2.75, 3.05) is 0 Å². The molecule has 0 saturated heterocycles. The number of carbonyl (C=O) groups is 1. The second-order valence-corrected chi connectivity index (χ2v) is 6.42. The molecule has 0 radical (unpaired) electrons. The van der Waals surface area contributed by atoms with Gasteiger partial charge in [-0.25, -0.2) is 0 Å². The van der Waals surface area contributed by atoms with Crippen LogP contribution in [-0.2, 0) is 0 Å². The minimum atomic E-state index is -0.519. The number of nitrogens with one attached hydrogen (secondary N) is 1. The monoisotopic (exact) mass is 304 g/mol. The third kappa shape index (κ3) is 3.82. The van der Waals surface area contributed by atoms with Gasteiger partial charge in [0.1, 0.15) is 0 Å². The molecule has 1 saturated carbocycles. The smallest absolute Gasteiger partial charge is 0.252 e. The van der Waals surface area contributed by atoms with Crippen LogP contribution in [0.5, 0.6) is 0 Å². The quantitative estimate of drug-likeness (QED) is 0.840. The molecule has 1 amide bonds. The van der Waals surface area contributed by atoms with E-state index < -0.39 is 5.54 Å². The normalized spacial score (nSPS) is 18.3. The predicted octanol–water partition coefficient (Wildman–Crippen LogP) is 3.49. The molecule has 0 atom stereocenters. The van der Waals surface area contributed by atoms with Gasteiger partial charge in [-0.3, -0.25) is 4.79 Å². The molecule has 0 unspecified atom stereocenters. The molecular formula is C17H24N2OS. The van der Waals surface area contributed by atoms with Crippen LogP contribution in [0.15, 0.2) is 24.3 Å². The van der Waals surface area contributed by atoms with Gasteiger partial charge in [-0.05, 0) is 31.4 Å².